The molecule has 1 aliphatic heterocycles. The van der Waals surface area contributed by atoms with E-state index in [9.17, 15) is 18.0 Å². The molecule has 4 rings (SSSR count). The molecule has 1 spiro atoms. The Kier molecular flexibility index (Phi) is 4.04. The average molecular weight is 367 g/mol. The maximum Gasteiger partial charge on any atom is 0.389 e. The highest BCUT2D eigenvalue weighted by molar-refractivity contribution is 5.87. The van der Waals surface area contributed by atoms with Gasteiger partial charge in [0.05, 0.1) is 11.8 Å². The summed E-state index contributed by atoms with van der Waals surface area (Å²) >= 11 is 0. The van der Waals surface area contributed by atoms with Crippen LogP contribution in [0.1, 0.15) is 32.1 Å². The van der Waals surface area contributed by atoms with Crippen LogP contribution in [0.5, 0.6) is 0 Å². The Balaban J connectivity index is 1.51. The van der Waals surface area contributed by atoms with Crippen LogP contribution in [0.25, 0.3) is 11.0 Å². The second-order valence-electron chi connectivity index (χ2n) is 7.06. The number of aromatic amines is 1. The molecular weight excluding hydrogens is 347 g/mol. The number of carbonyl (C=O) groups is 1. The number of halogens is 3. The Bertz CT molecular complexity index is 814. The van der Waals surface area contributed by atoms with Gasteiger partial charge in [0.1, 0.15) is 17.8 Å². The van der Waals surface area contributed by atoms with Crippen molar-refractivity contribution >= 4 is 22.8 Å². The lowest BCUT2D eigenvalue weighted by Crippen LogP contribution is -2.43. The first-order chi connectivity index (χ1) is 12.4. The van der Waals surface area contributed by atoms with E-state index in [2.05, 4.69) is 19.9 Å². The maximum absolute atomic E-state index is 12.5. The number of carbonyl (C=O) groups excluding carboxylic acids is 1. The molecule has 1 saturated carbocycles. The molecule has 0 radical (unpaired) electrons. The van der Waals surface area contributed by atoms with E-state index in [0.29, 0.717) is 13.1 Å². The topological polar surface area (TPSA) is 65.1 Å². The largest absolute Gasteiger partial charge is 0.389 e. The van der Waals surface area contributed by atoms with Gasteiger partial charge in [0.2, 0.25) is 5.91 Å². The molecular formula is C17H20F3N5O. The lowest BCUT2D eigenvalue weighted by Gasteiger charge is -2.30. The Hall–Kier alpha value is -2.32. The summed E-state index contributed by atoms with van der Waals surface area (Å²) in [7, 11) is 0. The molecule has 0 bridgehead atoms. The fraction of sp³-hybridized carbons (Fsp3) is 0.588. The van der Waals surface area contributed by atoms with E-state index in [1.165, 1.54) is 6.33 Å². The van der Waals surface area contributed by atoms with Crippen LogP contribution in [-0.2, 0) is 4.79 Å². The number of hydrogen-bond acceptors (Lipinski definition) is 4. The van der Waals surface area contributed by atoms with E-state index >= 15 is 0 Å². The van der Waals surface area contributed by atoms with Gasteiger partial charge in [0.15, 0.2) is 0 Å². The predicted octanol–water partition coefficient (Wildman–Crippen LogP) is 2.87. The monoisotopic (exact) mass is 367 g/mol. The van der Waals surface area contributed by atoms with Crippen molar-refractivity contribution < 1.29 is 18.0 Å². The van der Waals surface area contributed by atoms with Crippen molar-refractivity contribution in [1.82, 2.24) is 19.9 Å². The lowest BCUT2D eigenvalue weighted by atomic mass is 10.1. The molecule has 1 N–H and O–H groups in total. The van der Waals surface area contributed by atoms with Gasteiger partial charge in [-0.05, 0) is 25.3 Å². The van der Waals surface area contributed by atoms with Crippen LogP contribution in [0.4, 0.5) is 19.0 Å². The molecule has 2 aromatic heterocycles. The average Bonchev–Trinajstić information content (AvgIpc) is 3.26. The summed E-state index contributed by atoms with van der Waals surface area (Å²) in [6, 6.07) is 1.91. The molecule has 0 atom stereocenters. The summed E-state index contributed by atoms with van der Waals surface area (Å²) in [5.74, 6) is 0.410. The summed E-state index contributed by atoms with van der Waals surface area (Å²) in [5, 5.41) is 0.911. The second-order valence-corrected chi connectivity index (χ2v) is 7.06. The maximum atomic E-state index is 12.5. The van der Waals surface area contributed by atoms with Crippen molar-refractivity contribution in [3.8, 4) is 0 Å². The number of anilines is 1. The molecule has 3 heterocycles. The van der Waals surface area contributed by atoms with E-state index in [1.807, 2.05) is 6.07 Å². The Morgan fingerprint density at radius 1 is 1.19 bits per heavy atom. The quantitative estimate of drug-likeness (QED) is 0.906. The highest BCUT2D eigenvalue weighted by Gasteiger charge is 2.51. The Morgan fingerprint density at radius 2 is 2.00 bits per heavy atom. The Labute approximate surface area is 148 Å². The van der Waals surface area contributed by atoms with E-state index in [1.54, 1.807) is 11.1 Å². The van der Waals surface area contributed by atoms with E-state index in [0.717, 1.165) is 42.7 Å². The number of fused-ring (bicyclic) bond motifs is 1. The summed E-state index contributed by atoms with van der Waals surface area (Å²) in [6.45, 7) is 1.70. The van der Waals surface area contributed by atoms with Crippen LogP contribution < -0.4 is 4.90 Å². The zero-order chi connectivity index (χ0) is 18.4. The minimum atomic E-state index is -4.30. The number of hydrogen-bond donors (Lipinski definition) is 1. The van der Waals surface area contributed by atoms with E-state index < -0.39 is 24.9 Å². The predicted molar refractivity (Wildman–Crippen MR) is 89.7 cm³/mol. The first-order valence-corrected chi connectivity index (χ1v) is 8.78. The second kappa shape index (κ2) is 6.14. The van der Waals surface area contributed by atoms with Gasteiger partial charge < -0.3 is 14.8 Å². The number of nitrogens with one attached hydrogen (secondary N) is 1. The molecule has 0 aromatic carbocycles. The van der Waals surface area contributed by atoms with Crippen molar-refractivity contribution in [1.29, 1.82) is 0 Å². The summed E-state index contributed by atoms with van der Waals surface area (Å²) < 4.78 is 37.4. The van der Waals surface area contributed by atoms with E-state index in [-0.39, 0.29) is 5.54 Å². The molecule has 1 saturated heterocycles. The zero-order valence-corrected chi connectivity index (χ0v) is 14.2. The first-order valence-electron chi connectivity index (χ1n) is 8.78. The molecule has 9 heteroatoms. The van der Waals surface area contributed by atoms with Gasteiger partial charge in [-0.2, -0.15) is 13.2 Å². The molecule has 2 aliphatic rings. The highest BCUT2D eigenvalue weighted by Crippen LogP contribution is 2.46. The van der Waals surface area contributed by atoms with Crippen molar-refractivity contribution in [2.24, 2.45) is 0 Å². The summed E-state index contributed by atoms with van der Waals surface area (Å²) in [5.41, 5.74) is 0.486. The molecule has 6 nitrogen and oxygen atoms in total. The number of amides is 1. The van der Waals surface area contributed by atoms with Gasteiger partial charge in [-0.3, -0.25) is 4.79 Å². The van der Waals surface area contributed by atoms with Gasteiger partial charge in [0.25, 0.3) is 0 Å². The minimum Gasteiger partial charge on any atom is -0.354 e. The van der Waals surface area contributed by atoms with Crippen molar-refractivity contribution in [2.75, 3.05) is 24.5 Å². The van der Waals surface area contributed by atoms with Crippen LogP contribution in [0.15, 0.2) is 18.6 Å². The molecule has 140 valence electrons. The smallest absolute Gasteiger partial charge is 0.354 e. The van der Waals surface area contributed by atoms with Crippen LogP contribution in [0, 0.1) is 0 Å². The number of H-pyrrole nitrogens is 1. The third kappa shape index (κ3) is 3.22. The molecule has 1 aliphatic carbocycles. The highest BCUT2D eigenvalue weighted by atomic mass is 19.4. The number of rotatable bonds is 3. The van der Waals surface area contributed by atoms with Crippen molar-refractivity contribution in [2.45, 2.75) is 43.8 Å². The standard InChI is InChI=1S/C17H20F3N5O/c18-17(19,20)3-1-13(26)25-10-9-24(8-6-16(25)4-5-16)15-12-2-7-21-14(12)22-11-23-15/h2,7,11H,1,3-6,8-10H2,(H,21,22,23). The molecule has 2 aromatic rings. The Morgan fingerprint density at radius 3 is 2.73 bits per heavy atom. The van der Waals surface area contributed by atoms with Gasteiger partial charge in [-0.25, -0.2) is 9.97 Å². The van der Waals surface area contributed by atoms with Crippen LogP contribution in [-0.4, -0.2) is 57.1 Å². The number of aromatic nitrogens is 3. The van der Waals surface area contributed by atoms with Crippen LogP contribution in [0.3, 0.4) is 0 Å². The minimum absolute atomic E-state index is 0.262. The van der Waals surface area contributed by atoms with Gasteiger partial charge >= 0.3 is 6.18 Å². The van der Waals surface area contributed by atoms with Crippen molar-refractivity contribution in [3.05, 3.63) is 18.6 Å². The fourth-order valence-electron chi connectivity index (χ4n) is 3.81. The van der Waals surface area contributed by atoms with Gasteiger partial charge in [0, 0.05) is 37.8 Å². The van der Waals surface area contributed by atoms with Gasteiger partial charge in [-0.1, -0.05) is 0 Å². The third-order valence-corrected chi connectivity index (χ3v) is 5.40. The van der Waals surface area contributed by atoms with Crippen LogP contribution >= 0.6 is 0 Å². The lowest BCUT2D eigenvalue weighted by molar-refractivity contribution is -0.150. The SMILES string of the molecule is O=C(CCC(F)(F)F)N1CCN(c2ncnc3[nH]ccc23)CCC12CC2. The number of nitrogens with zero attached hydrogens (tertiary/aromatic N) is 4. The molecule has 1 amide bonds. The summed E-state index contributed by atoms with van der Waals surface area (Å²) in [6.07, 6.45) is -0.0529. The molecule has 0 unspecified atom stereocenters. The molecule has 2 fully saturated rings. The number of alkyl halides is 3. The molecule has 26 heavy (non-hydrogen) atoms. The van der Waals surface area contributed by atoms with Gasteiger partial charge in [-0.15, -0.1) is 0 Å². The third-order valence-electron chi connectivity index (χ3n) is 5.40. The zero-order valence-electron chi connectivity index (χ0n) is 14.2. The summed E-state index contributed by atoms with van der Waals surface area (Å²) in [4.78, 5) is 27.9. The normalized spacial score (nSPS) is 19.8. The van der Waals surface area contributed by atoms with Crippen LogP contribution in [0.2, 0.25) is 0 Å². The fourth-order valence-corrected chi connectivity index (χ4v) is 3.81. The first kappa shape index (κ1) is 17.1. The van der Waals surface area contributed by atoms with E-state index in [4.69, 9.17) is 0 Å². The van der Waals surface area contributed by atoms with Crippen molar-refractivity contribution in [3.63, 3.8) is 0 Å².